The van der Waals surface area contributed by atoms with E-state index in [1.807, 2.05) is 42.5 Å². The van der Waals surface area contributed by atoms with Crippen LogP contribution in [0.4, 0.5) is 5.69 Å². The largest absolute Gasteiger partial charge is 0.454 e. The highest BCUT2D eigenvalue weighted by atomic mass is 35.5. The van der Waals surface area contributed by atoms with Crippen LogP contribution in [0, 0.1) is 0 Å². The molecule has 1 atom stereocenters. The van der Waals surface area contributed by atoms with Gasteiger partial charge in [0.05, 0.1) is 27.5 Å². The molecule has 1 aromatic heterocycles. The average Bonchev–Trinajstić information content (AvgIpc) is 3.49. The van der Waals surface area contributed by atoms with E-state index < -0.39 is 18.0 Å². The fourth-order valence-electron chi connectivity index (χ4n) is 5.01. The Bertz CT molecular complexity index is 1810. The molecule has 1 unspecified atom stereocenters. The van der Waals surface area contributed by atoms with Gasteiger partial charge in [-0.3, -0.25) is 9.59 Å². The highest BCUT2D eigenvalue weighted by molar-refractivity contribution is 6.36. The maximum atomic E-state index is 13.7. The molecule has 0 saturated carbocycles. The van der Waals surface area contributed by atoms with Gasteiger partial charge in [-0.2, -0.15) is 0 Å². The molecule has 1 aliphatic heterocycles. The number of nitrogens with zero attached hydrogens (tertiary/aromatic N) is 2. The second-order valence-electron chi connectivity index (χ2n) is 10.7. The third-order valence-corrected chi connectivity index (χ3v) is 7.71. The summed E-state index contributed by atoms with van der Waals surface area (Å²) in [6.07, 6.45) is 4.06. The van der Waals surface area contributed by atoms with Crippen molar-refractivity contribution in [3.63, 3.8) is 0 Å². The van der Waals surface area contributed by atoms with Gasteiger partial charge in [-0.1, -0.05) is 47.5 Å². The molecule has 11 heteroatoms. The van der Waals surface area contributed by atoms with E-state index in [9.17, 15) is 14.4 Å². The summed E-state index contributed by atoms with van der Waals surface area (Å²) >= 11 is 12.1. The maximum Gasteiger partial charge on any atom is 0.339 e. The predicted octanol–water partition coefficient (Wildman–Crippen LogP) is 7.04. The number of carbonyl (C=O) groups excluding carboxylic acids is 3. The number of pyridine rings is 1. The van der Waals surface area contributed by atoms with Crippen LogP contribution in [0.15, 0.2) is 60.7 Å². The lowest BCUT2D eigenvalue weighted by Gasteiger charge is -2.23. The van der Waals surface area contributed by atoms with Crippen molar-refractivity contribution in [2.24, 2.45) is 0 Å². The number of fused-ring (bicyclic) bond motifs is 3. The predicted molar refractivity (Wildman–Crippen MR) is 175 cm³/mol. The van der Waals surface area contributed by atoms with Crippen LogP contribution >= 0.6 is 23.2 Å². The van der Waals surface area contributed by atoms with Crippen LogP contribution in [0.3, 0.4) is 0 Å². The molecule has 2 amide bonds. The Morgan fingerprint density at radius 3 is 2.53 bits per heavy atom. The Hall–Kier alpha value is -4.60. The molecule has 232 valence electrons. The first-order chi connectivity index (χ1) is 21.6. The van der Waals surface area contributed by atoms with Gasteiger partial charge in [-0.05, 0) is 85.4 Å². The zero-order valence-corrected chi connectivity index (χ0v) is 26.4. The van der Waals surface area contributed by atoms with Gasteiger partial charge in [-0.25, -0.2) is 9.78 Å². The normalized spacial score (nSPS) is 14.6. The fourth-order valence-corrected chi connectivity index (χ4v) is 5.47. The second kappa shape index (κ2) is 14.0. The van der Waals surface area contributed by atoms with Crippen molar-refractivity contribution in [3.05, 3.63) is 93.1 Å². The molecule has 9 nitrogen and oxygen atoms in total. The Balaban J connectivity index is 0.000000743. The van der Waals surface area contributed by atoms with E-state index in [0.717, 1.165) is 47.4 Å². The lowest BCUT2D eigenvalue weighted by atomic mass is 9.86. The Kier molecular flexibility index (Phi) is 9.90. The van der Waals surface area contributed by atoms with E-state index >= 15 is 0 Å². The molecule has 0 saturated heterocycles. The molecule has 4 aromatic rings. The molecule has 1 aliphatic carbocycles. The van der Waals surface area contributed by atoms with Crippen LogP contribution in [-0.4, -0.2) is 55.2 Å². The summed E-state index contributed by atoms with van der Waals surface area (Å²) in [5.41, 5.74) is 5.04. The maximum absolute atomic E-state index is 13.7. The molecule has 0 fully saturated rings. The van der Waals surface area contributed by atoms with Gasteiger partial charge in [0.15, 0.2) is 17.6 Å². The standard InChI is InChI=1S/C31H24Cl2N2O5.C3H7NO/c1-17(30(36)35-25-11-10-20(32)15-23(25)33)40-31(37)28-21-6-2-3-8-24(21)34-29-19(5-4-7-22(28)29)13-18-9-12-26-27(14-18)39-16-38-26;1-4(2)3-5/h2-3,6,8-15,17H,4-5,7,16H2,1H3,(H,35,36);3H,1-2H3/b19-13+;. The first-order valence-electron chi connectivity index (χ1n) is 14.3. The summed E-state index contributed by atoms with van der Waals surface area (Å²) in [7, 11) is 3.38. The number of aromatic nitrogens is 1. The van der Waals surface area contributed by atoms with Gasteiger partial charge in [0, 0.05) is 24.5 Å². The number of para-hydroxylation sites is 1. The first kappa shape index (κ1) is 31.8. The van der Waals surface area contributed by atoms with Gasteiger partial charge < -0.3 is 24.4 Å². The number of anilines is 1. The van der Waals surface area contributed by atoms with Crippen LogP contribution in [-0.2, 0) is 20.7 Å². The van der Waals surface area contributed by atoms with Crippen molar-refractivity contribution >= 4 is 69.7 Å². The summed E-state index contributed by atoms with van der Waals surface area (Å²) in [5, 5.41) is 4.12. The van der Waals surface area contributed by atoms with Gasteiger partial charge in [-0.15, -0.1) is 0 Å². The van der Waals surface area contributed by atoms with E-state index in [2.05, 4.69) is 11.4 Å². The molecular formula is C34H31Cl2N3O6. The molecule has 2 heterocycles. The van der Waals surface area contributed by atoms with Crippen molar-refractivity contribution in [1.82, 2.24) is 9.88 Å². The minimum atomic E-state index is -1.07. The van der Waals surface area contributed by atoms with E-state index in [1.165, 1.54) is 17.9 Å². The molecule has 0 radical (unpaired) electrons. The summed E-state index contributed by atoms with van der Waals surface area (Å²) in [4.78, 5) is 42.4. The second-order valence-corrected chi connectivity index (χ2v) is 11.5. The third kappa shape index (κ3) is 7.38. The Morgan fingerprint density at radius 2 is 1.78 bits per heavy atom. The number of carbonyl (C=O) groups is 3. The van der Waals surface area contributed by atoms with Crippen molar-refractivity contribution < 1.29 is 28.6 Å². The molecule has 0 bridgehead atoms. The zero-order chi connectivity index (χ0) is 32.1. The molecule has 3 aromatic carbocycles. The number of hydrogen-bond donors (Lipinski definition) is 1. The zero-order valence-electron chi connectivity index (χ0n) is 24.9. The van der Waals surface area contributed by atoms with Gasteiger partial charge in [0.25, 0.3) is 5.91 Å². The van der Waals surface area contributed by atoms with E-state index in [-0.39, 0.29) is 11.8 Å². The van der Waals surface area contributed by atoms with Gasteiger partial charge in [0.2, 0.25) is 13.2 Å². The molecule has 2 aliphatic rings. The number of benzene rings is 3. The lowest BCUT2D eigenvalue weighted by molar-refractivity contribution is -0.123. The van der Waals surface area contributed by atoms with E-state index in [1.54, 1.807) is 26.2 Å². The Morgan fingerprint density at radius 1 is 1.02 bits per heavy atom. The minimum Gasteiger partial charge on any atom is -0.454 e. The number of nitrogens with one attached hydrogen (secondary N) is 1. The number of amides is 2. The molecule has 6 rings (SSSR count). The first-order valence-corrected chi connectivity index (χ1v) is 15.0. The van der Waals surface area contributed by atoms with Crippen molar-refractivity contribution in [2.45, 2.75) is 32.3 Å². The molecule has 0 spiro atoms. The van der Waals surface area contributed by atoms with Crippen LogP contribution in [0.5, 0.6) is 11.5 Å². The number of hydrogen-bond acceptors (Lipinski definition) is 7. The minimum absolute atomic E-state index is 0.209. The number of ether oxygens (including phenoxy) is 3. The lowest BCUT2D eigenvalue weighted by Crippen LogP contribution is -2.30. The number of esters is 1. The molecular weight excluding hydrogens is 617 g/mol. The van der Waals surface area contributed by atoms with Crippen molar-refractivity contribution in [3.8, 4) is 11.5 Å². The summed E-state index contributed by atoms with van der Waals surface area (Å²) in [6.45, 7) is 1.73. The SMILES string of the molecule is CC(OC(=O)c1c2c(nc3ccccc13)/C(=C/c1ccc3c(c1)OCO3)CCC2)C(=O)Nc1ccc(Cl)cc1Cl.CN(C)C=O. The topological polar surface area (TPSA) is 107 Å². The monoisotopic (exact) mass is 647 g/mol. The summed E-state index contributed by atoms with van der Waals surface area (Å²) in [6, 6.07) is 18.0. The highest BCUT2D eigenvalue weighted by Crippen LogP contribution is 2.38. The van der Waals surface area contributed by atoms with E-state index in [0.29, 0.717) is 39.3 Å². The van der Waals surface area contributed by atoms with Crippen LogP contribution < -0.4 is 14.8 Å². The molecule has 45 heavy (non-hydrogen) atoms. The van der Waals surface area contributed by atoms with E-state index in [4.69, 9.17) is 42.4 Å². The highest BCUT2D eigenvalue weighted by Gasteiger charge is 2.28. The summed E-state index contributed by atoms with van der Waals surface area (Å²) in [5.74, 6) is 0.335. The van der Waals surface area contributed by atoms with Crippen molar-refractivity contribution in [2.75, 3.05) is 26.2 Å². The van der Waals surface area contributed by atoms with Crippen molar-refractivity contribution in [1.29, 1.82) is 0 Å². The third-order valence-electron chi connectivity index (χ3n) is 7.16. The van der Waals surface area contributed by atoms with Crippen LogP contribution in [0.1, 0.15) is 46.9 Å². The van der Waals surface area contributed by atoms with Crippen LogP contribution in [0.25, 0.3) is 22.6 Å². The quantitative estimate of drug-likeness (QED) is 0.177. The van der Waals surface area contributed by atoms with Gasteiger partial charge >= 0.3 is 5.97 Å². The smallest absolute Gasteiger partial charge is 0.339 e. The fraction of sp³-hybridized carbons (Fsp3) is 0.235. The number of rotatable bonds is 6. The number of halogens is 2. The Labute approximate surface area is 270 Å². The molecule has 1 N–H and O–H groups in total. The van der Waals surface area contributed by atoms with Crippen LogP contribution in [0.2, 0.25) is 10.0 Å². The van der Waals surface area contributed by atoms with Gasteiger partial charge in [0.1, 0.15) is 0 Å². The number of allylic oxidation sites excluding steroid dienone is 1. The summed E-state index contributed by atoms with van der Waals surface area (Å²) < 4.78 is 16.7. The average molecular weight is 649 g/mol.